The number of nitrogens with one attached hydrogen (secondary N) is 2. The number of hydrogen-bond donors (Lipinski definition) is 3. The molecule has 1 aromatic rings. The normalized spacial score (nSPS) is 13.5. The lowest BCUT2D eigenvalue weighted by atomic mass is 10.0. The van der Waals surface area contributed by atoms with Crippen molar-refractivity contribution in [3.05, 3.63) is 35.9 Å². The first-order chi connectivity index (χ1) is 8.54. The van der Waals surface area contributed by atoms with Gasteiger partial charge in [0, 0.05) is 13.5 Å². The maximum atomic E-state index is 11.7. The van der Waals surface area contributed by atoms with Gasteiger partial charge in [-0.15, -0.1) is 0 Å². The third-order valence-corrected chi connectivity index (χ3v) is 2.58. The average molecular weight is 249 g/mol. The van der Waals surface area contributed by atoms with E-state index in [-0.39, 0.29) is 11.8 Å². The Morgan fingerprint density at radius 1 is 1.22 bits per heavy atom. The molecular weight excluding hydrogens is 230 g/mol. The third kappa shape index (κ3) is 4.18. The number of benzene rings is 1. The molecule has 0 aliphatic carbocycles. The molecule has 5 heteroatoms. The summed E-state index contributed by atoms with van der Waals surface area (Å²) in [6, 6.07) is 8.28. The first-order valence-electron chi connectivity index (χ1n) is 5.86. The Bertz CT molecular complexity index is 404. The summed E-state index contributed by atoms with van der Waals surface area (Å²) in [6.07, 6.45) is 0.443. The third-order valence-electron chi connectivity index (χ3n) is 2.58. The van der Waals surface area contributed by atoms with Crippen molar-refractivity contribution in [2.45, 2.75) is 25.4 Å². The number of rotatable bonds is 5. The SMILES string of the molecule is CNC(=O)[C@@H](Cc1ccccc1)NC(=O)[C@@H](C)N. The lowest BCUT2D eigenvalue weighted by Crippen LogP contribution is -2.51. The van der Waals surface area contributed by atoms with Crippen LogP contribution in [0.15, 0.2) is 30.3 Å². The van der Waals surface area contributed by atoms with E-state index < -0.39 is 12.1 Å². The highest BCUT2D eigenvalue weighted by atomic mass is 16.2. The molecule has 0 fully saturated rings. The summed E-state index contributed by atoms with van der Waals surface area (Å²) in [5.41, 5.74) is 6.46. The fourth-order valence-electron chi connectivity index (χ4n) is 1.54. The molecule has 0 bridgehead atoms. The van der Waals surface area contributed by atoms with Crippen LogP contribution >= 0.6 is 0 Å². The predicted molar refractivity (Wildman–Crippen MR) is 69.8 cm³/mol. The van der Waals surface area contributed by atoms with E-state index in [1.165, 1.54) is 0 Å². The van der Waals surface area contributed by atoms with E-state index in [4.69, 9.17) is 5.73 Å². The van der Waals surface area contributed by atoms with Gasteiger partial charge < -0.3 is 16.4 Å². The monoisotopic (exact) mass is 249 g/mol. The summed E-state index contributed by atoms with van der Waals surface area (Å²) >= 11 is 0. The van der Waals surface area contributed by atoms with Gasteiger partial charge in [-0.2, -0.15) is 0 Å². The van der Waals surface area contributed by atoms with E-state index in [9.17, 15) is 9.59 Å². The molecule has 2 atom stereocenters. The molecule has 4 N–H and O–H groups in total. The van der Waals surface area contributed by atoms with Crippen molar-refractivity contribution in [1.82, 2.24) is 10.6 Å². The van der Waals surface area contributed by atoms with Gasteiger partial charge >= 0.3 is 0 Å². The fraction of sp³-hybridized carbons (Fsp3) is 0.385. The Kier molecular flexibility index (Phi) is 5.32. The standard InChI is InChI=1S/C13H19N3O2/c1-9(14)12(17)16-11(13(18)15-2)8-10-6-4-3-5-7-10/h3-7,9,11H,8,14H2,1-2H3,(H,15,18)(H,16,17)/t9-,11-/m1/s1. The molecule has 0 heterocycles. The second-order valence-corrected chi connectivity index (χ2v) is 4.15. The van der Waals surface area contributed by atoms with Crippen LogP contribution in [0.4, 0.5) is 0 Å². The maximum absolute atomic E-state index is 11.7. The molecule has 0 aliphatic heterocycles. The van der Waals surface area contributed by atoms with Crippen LogP contribution in [0.2, 0.25) is 0 Å². The largest absolute Gasteiger partial charge is 0.357 e. The summed E-state index contributed by atoms with van der Waals surface area (Å²) in [7, 11) is 1.54. The number of nitrogens with two attached hydrogens (primary N) is 1. The van der Waals surface area contributed by atoms with Gasteiger partial charge in [0.15, 0.2) is 0 Å². The molecule has 1 rings (SSSR count). The summed E-state index contributed by atoms with van der Waals surface area (Å²) in [5, 5.41) is 5.17. The lowest BCUT2D eigenvalue weighted by molar-refractivity contribution is -0.129. The highest BCUT2D eigenvalue weighted by molar-refractivity contribution is 5.89. The number of carbonyl (C=O) groups excluding carboxylic acids is 2. The highest BCUT2D eigenvalue weighted by Crippen LogP contribution is 2.03. The van der Waals surface area contributed by atoms with Crippen LogP contribution in [0.1, 0.15) is 12.5 Å². The van der Waals surface area contributed by atoms with Crippen LogP contribution in [0.25, 0.3) is 0 Å². The molecule has 0 spiro atoms. The predicted octanol–water partition coefficient (Wildman–Crippen LogP) is -0.193. The van der Waals surface area contributed by atoms with Crippen molar-refractivity contribution in [2.75, 3.05) is 7.05 Å². The van der Waals surface area contributed by atoms with Crippen LogP contribution < -0.4 is 16.4 Å². The minimum atomic E-state index is -0.632. The fourth-order valence-corrected chi connectivity index (χ4v) is 1.54. The van der Waals surface area contributed by atoms with Crippen LogP contribution in [-0.2, 0) is 16.0 Å². The lowest BCUT2D eigenvalue weighted by Gasteiger charge is -2.18. The van der Waals surface area contributed by atoms with Crippen LogP contribution in [0.3, 0.4) is 0 Å². The molecule has 0 radical (unpaired) electrons. The molecule has 0 saturated heterocycles. The van der Waals surface area contributed by atoms with Gasteiger partial charge in [0.2, 0.25) is 11.8 Å². The summed E-state index contributed by atoms with van der Waals surface area (Å²) < 4.78 is 0. The Hall–Kier alpha value is -1.88. The first kappa shape index (κ1) is 14.2. The highest BCUT2D eigenvalue weighted by Gasteiger charge is 2.21. The number of hydrogen-bond acceptors (Lipinski definition) is 3. The minimum absolute atomic E-state index is 0.229. The Morgan fingerprint density at radius 3 is 2.33 bits per heavy atom. The molecule has 0 unspecified atom stereocenters. The van der Waals surface area contributed by atoms with Gasteiger partial charge in [-0.3, -0.25) is 9.59 Å². The second-order valence-electron chi connectivity index (χ2n) is 4.15. The van der Waals surface area contributed by atoms with Crippen molar-refractivity contribution in [3.8, 4) is 0 Å². The van der Waals surface area contributed by atoms with Gasteiger partial charge in [-0.1, -0.05) is 30.3 Å². The molecule has 2 amide bonds. The smallest absolute Gasteiger partial charge is 0.242 e. The average Bonchev–Trinajstić information content (AvgIpc) is 2.38. The summed E-state index contributed by atoms with van der Waals surface area (Å²) in [6.45, 7) is 1.58. The molecule has 98 valence electrons. The van der Waals surface area contributed by atoms with E-state index in [0.717, 1.165) is 5.56 Å². The number of carbonyl (C=O) groups is 2. The van der Waals surface area contributed by atoms with Gasteiger partial charge in [-0.05, 0) is 12.5 Å². The van der Waals surface area contributed by atoms with Crippen molar-refractivity contribution >= 4 is 11.8 Å². The first-order valence-corrected chi connectivity index (χ1v) is 5.86. The van der Waals surface area contributed by atoms with Crippen molar-refractivity contribution in [3.63, 3.8) is 0 Å². The van der Waals surface area contributed by atoms with Crippen molar-refractivity contribution in [2.24, 2.45) is 5.73 Å². The van der Waals surface area contributed by atoms with Crippen molar-refractivity contribution in [1.29, 1.82) is 0 Å². The molecule has 18 heavy (non-hydrogen) atoms. The van der Waals surface area contributed by atoms with Gasteiger partial charge in [0.25, 0.3) is 0 Å². The summed E-state index contributed by atoms with van der Waals surface area (Å²) in [4.78, 5) is 23.3. The topological polar surface area (TPSA) is 84.2 Å². The van der Waals surface area contributed by atoms with E-state index in [1.807, 2.05) is 30.3 Å². The zero-order chi connectivity index (χ0) is 13.5. The summed E-state index contributed by atoms with van der Waals surface area (Å²) in [5.74, 6) is -0.563. The molecule has 0 aliphatic rings. The zero-order valence-electron chi connectivity index (χ0n) is 10.6. The Balaban J connectivity index is 2.73. The van der Waals surface area contributed by atoms with Crippen molar-refractivity contribution < 1.29 is 9.59 Å². The molecule has 0 saturated carbocycles. The number of amides is 2. The quantitative estimate of drug-likeness (QED) is 0.676. The van der Waals surface area contributed by atoms with E-state index in [1.54, 1.807) is 14.0 Å². The van der Waals surface area contributed by atoms with E-state index >= 15 is 0 Å². The van der Waals surface area contributed by atoms with Crippen LogP contribution in [-0.4, -0.2) is 30.9 Å². The molecular formula is C13H19N3O2. The van der Waals surface area contributed by atoms with Gasteiger partial charge in [0.1, 0.15) is 6.04 Å². The zero-order valence-corrected chi connectivity index (χ0v) is 10.6. The maximum Gasteiger partial charge on any atom is 0.242 e. The Morgan fingerprint density at radius 2 is 1.83 bits per heavy atom. The second kappa shape index (κ2) is 6.76. The Labute approximate surface area is 107 Å². The molecule has 0 aromatic heterocycles. The van der Waals surface area contributed by atoms with E-state index in [2.05, 4.69) is 10.6 Å². The van der Waals surface area contributed by atoms with Crippen LogP contribution in [0.5, 0.6) is 0 Å². The number of likely N-dealkylation sites (N-methyl/N-ethyl adjacent to an activating group) is 1. The van der Waals surface area contributed by atoms with E-state index in [0.29, 0.717) is 6.42 Å². The van der Waals surface area contributed by atoms with Gasteiger partial charge in [-0.25, -0.2) is 0 Å². The molecule has 1 aromatic carbocycles. The molecule has 5 nitrogen and oxygen atoms in total. The van der Waals surface area contributed by atoms with Gasteiger partial charge in [0.05, 0.1) is 6.04 Å². The van der Waals surface area contributed by atoms with Crippen LogP contribution in [0, 0.1) is 0 Å². The minimum Gasteiger partial charge on any atom is -0.357 e.